The Balaban J connectivity index is 1.93. The Hall–Kier alpha value is -0.820. The van der Waals surface area contributed by atoms with Crippen molar-refractivity contribution in [3.05, 3.63) is 35.9 Å². The van der Waals surface area contributed by atoms with Crippen molar-refractivity contribution < 1.29 is 0 Å². The Morgan fingerprint density at radius 2 is 1.82 bits per heavy atom. The molecule has 0 radical (unpaired) electrons. The van der Waals surface area contributed by atoms with E-state index in [1.165, 1.54) is 24.8 Å². The molecule has 0 amide bonds. The summed E-state index contributed by atoms with van der Waals surface area (Å²) in [5, 5.41) is 3.81. The average molecular weight is 231 g/mol. The van der Waals surface area contributed by atoms with Gasteiger partial charge in [-0.1, -0.05) is 44.2 Å². The molecular formula is C16H25N. The van der Waals surface area contributed by atoms with Gasteiger partial charge in [0.2, 0.25) is 0 Å². The highest BCUT2D eigenvalue weighted by molar-refractivity contribution is 5.18. The van der Waals surface area contributed by atoms with Gasteiger partial charge >= 0.3 is 0 Å². The third-order valence-corrected chi connectivity index (χ3v) is 4.20. The van der Waals surface area contributed by atoms with Crippen molar-refractivity contribution >= 4 is 0 Å². The SMILES string of the molecule is C[C@H]1CC[C@@H](N[C@H](C)c2ccccc2)[C@@H](C)C1. The predicted octanol–water partition coefficient (Wildman–Crippen LogP) is 4.16. The molecule has 0 spiro atoms. The molecular weight excluding hydrogens is 206 g/mol. The number of nitrogens with one attached hydrogen (secondary N) is 1. The summed E-state index contributed by atoms with van der Waals surface area (Å²) >= 11 is 0. The maximum atomic E-state index is 3.81. The van der Waals surface area contributed by atoms with Crippen LogP contribution in [0.2, 0.25) is 0 Å². The lowest BCUT2D eigenvalue weighted by molar-refractivity contribution is 0.216. The molecule has 0 saturated heterocycles. The van der Waals surface area contributed by atoms with Crippen LogP contribution in [-0.2, 0) is 0 Å². The molecule has 17 heavy (non-hydrogen) atoms. The highest BCUT2D eigenvalue weighted by atomic mass is 15.0. The largest absolute Gasteiger partial charge is 0.307 e. The zero-order valence-corrected chi connectivity index (χ0v) is 11.3. The van der Waals surface area contributed by atoms with E-state index in [4.69, 9.17) is 0 Å². The molecule has 2 rings (SSSR count). The molecule has 1 aromatic rings. The van der Waals surface area contributed by atoms with Gasteiger partial charge in [0.1, 0.15) is 0 Å². The maximum Gasteiger partial charge on any atom is 0.0294 e. The zero-order chi connectivity index (χ0) is 12.3. The maximum absolute atomic E-state index is 3.81. The summed E-state index contributed by atoms with van der Waals surface area (Å²) in [6.45, 7) is 7.05. The summed E-state index contributed by atoms with van der Waals surface area (Å²) in [7, 11) is 0. The van der Waals surface area contributed by atoms with Crippen LogP contribution in [-0.4, -0.2) is 6.04 Å². The fourth-order valence-electron chi connectivity index (χ4n) is 3.07. The van der Waals surface area contributed by atoms with Crippen LogP contribution in [0.25, 0.3) is 0 Å². The zero-order valence-electron chi connectivity index (χ0n) is 11.3. The van der Waals surface area contributed by atoms with Gasteiger partial charge in [0.15, 0.2) is 0 Å². The molecule has 0 aliphatic heterocycles. The fourth-order valence-corrected chi connectivity index (χ4v) is 3.07. The minimum Gasteiger partial charge on any atom is -0.307 e. The standard InChI is InChI=1S/C16H25N/c1-12-9-10-16(13(2)11-12)17-14(3)15-7-5-4-6-8-15/h4-8,12-14,16-17H,9-11H2,1-3H3/t12-,13-,14+,16+/m0/s1. The number of hydrogen-bond donors (Lipinski definition) is 1. The molecule has 1 saturated carbocycles. The number of rotatable bonds is 3. The first kappa shape index (κ1) is 12.6. The van der Waals surface area contributed by atoms with Crippen molar-refractivity contribution in [2.45, 2.75) is 52.1 Å². The minimum atomic E-state index is 0.469. The lowest BCUT2D eigenvalue weighted by Gasteiger charge is -2.35. The van der Waals surface area contributed by atoms with Crippen molar-refractivity contribution in [2.75, 3.05) is 0 Å². The van der Waals surface area contributed by atoms with E-state index in [0.717, 1.165) is 11.8 Å². The van der Waals surface area contributed by atoms with Gasteiger partial charge in [-0.25, -0.2) is 0 Å². The van der Waals surface area contributed by atoms with Crippen molar-refractivity contribution in [1.29, 1.82) is 0 Å². The first-order chi connectivity index (χ1) is 8.16. The molecule has 1 nitrogen and oxygen atoms in total. The van der Waals surface area contributed by atoms with Crippen LogP contribution in [0.1, 0.15) is 51.6 Å². The summed E-state index contributed by atoms with van der Waals surface area (Å²) in [5.74, 6) is 1.72. The van der Waals surface area contributed by atoms with Gasteiger partial charge in [-0.15, -0.1) is 0 Å². The van der Waals surface area contributed by atoms with Gasteiger partial charge < -0.3 is 5.32 Å². The average Bonchev–Trinajstić information content (AvgIpc) is 2.34. The van der Waals surface area contributed by atoms with Gasteiger partial charge in [0, 0.05) is 12.1 Å². The molecule has 1 N–H and O–H groups in total. The number of benzene rings is 1. The summed E-state index contributed by atoms with van der Waals surface area (Å²) in [5.41, 5.74) is 1.40. The third kappa shape index (κ3) is 3.32. The van der Waals surface area contributed by atoms with Crippen molar-refractivity contribution in [2.24, 2.45) is 11.8 Å². The van der Waals surface area contributed by atoms with E-state index in [2.05, 4.69) is 56.4 Å². The Morgan fingerprint density at radius 3 is 2.47 bits per heavy atom. The summed E-state index contributed by atoms with van der Waals surface area (Å²) in [6, 6.07) is 11.9. The smallest absolute Gasteiger partial charge is 0.0294 e. The highest BCUT2D eigenvalue weighted by Gasteiger charge is 2.26. The van der Waals surface area contributed by atoms with Gasteiger partial charge in [-0.2, -0.15) is 0 Å². The molecule has 0 bridgehead atoms. The second-order valence-electron chi connectivity index (χ2n) is 5.80. The van der Waals surface area contributed by atoms with Crippen LogP contribution in [0, 0.1) is 11.8 Å². The summed E-state index contributed by atoms with van der Waals surface area (Å²) in [6.07, 6.45) is 4.09. The Morgan fingerprint density at radius 1 is 1.12 bits per heavy atom. The van der Waals surface area contributed by atoms with Gasteiger partial charge in [0.05, 0.1) is 0 Å². The second-order valence-corrected chi connectivity index (χ2v) is 5.80. The quantitative estimate of drug-likeness (QED) is 0.823. The van der Waals surface area contributed by atoms with Crippen LogP contribution in [0.5, 0.6) is 0 Å². The Labute approximate surface area is 106 Å². The summed E-state index contributed by atoms with van der Waals surface area (Å²) in [4.78, 5) is 0. The third-order valence-electron chi connectivity index (χ3n) is 4.20. The van der Waals surface area contributed by atoms with Crippen molar-refractivity contribution in [3.63, 3.8) is 0 Å². The van der Waals surface area contributed by atoms with Crippen molar-refractivity contribution in [3.8, 4) is 0 Å². The van der Waals surface area contributed by atoms with E-state index in [-0.39, 0.29) is 0 Å². The molecule has 1 heteroatoms. The monoisotopic (exact) mass is 231 g/mol. The molecule has 94 valence electrons. The molecule has 1 aliphatic carbocycles. The van der Waals surface area contributed by atoms with Crippen LogP contribution in [0.15, 0.2) is 30.3 Å². The summed E-state index contributed by atoms with van der Waals surface area (Å²) < 4.78 is 0. The molecule has 1 fully saturated rings. The normalized spacial score (nSPS) is 31.1. The minimum absolute atomic E-state index is 0.469. The Bertz CT molecular complexity index is 333. The number of hydrogen-bond acceptors (Lipinski definition) is 1. The molecule has 1 aliphatic rings. The van der Waals surface area contributed by atoms with Crippen molar-refractivity contribution in [1.82, 2.24) is 5.32 Å². The van der Waals surface area contributed by atoms with E-state index < -0.39 is 0 Å². The fraction of sp³-hybridized carbons (Fsp3) is 0.625. The van der Waals surface area contributed by atoms with E-state index in [0.29, 0.717) is 12.1 Å². The van der Waals surface area contributed by atoms with Crippen LogP contribution in [0.3, 0.4) is 0 Å². The van der Waals surface area contributed by atoms with Gasteiger partial charge in [-0.05, 0) is 43.6 Å². The molecule has 1 aromatic carbocycles. The molecule has 0 unspecified atom stereocenters. The van der Waals surface area contributed by atoms with Crippen LogP contribution >= 0.6 is 0 Å². The highest BCUT2D eigenvalue weighted by Crippen LogP contribution is 2.30. The molecule has 0 heterocycles. The predicted molar refractivity (Wildman–Crippen MR) is 74.0 cm³/mol. The second kappa shape index (κ2) is 5.68. The van der Waals surface area contributed by atoms with E-state index in [9.17, 15) is 0 Å². The Kier molecular flexibility index (Phi) is 4.22. The lowest BCUT2D eigenvalue weighted by Crippen LogP contribution is -2.40. The first-order valence-corrected chi connectivity index (χ1v) is 6.98. The molecule has 4 atom stereocenters. The topological polar surface area (TPSA) is 12.0 Å². The van der Waals surface area contributed by atoms with E-state index >= 15 is 0 Å². The van der Waals surface area contributed by atoms with E-state index in [1.807, 2.05) is 0 Å². The lowest BCUT2D eigenvalue weighted by atomic mass is 9.79. The van der Waals surface area contributed by atoms with Crippen LogP contribution < -0.4 is 5.32 Å². The molecule has 0 aromatic heterocycles. The van der Waals surface area contributed by atoms with Crippen LogP contribution in [0.4, 0.5) is 0 Å². The van der Waals surface area contributed by atoms with Gasteiger partial charge in [0.25, 0.3) is 0 Å². The van der Waals surface area contributed by atoms with E-state index in [1.54, 1.807) is 0 Å². The first-order valence-electron chi connectivity index (χ1n) is 6.98. The van der Waals surface area contributed by atoms with Gasteiger partial charge in [-0.3, -0.25) is 0 Å².